The van der Waals surface area contributed by atoms with Crippen LogP contribution in [0.25, 0.3) is 10.1 Å². The van der Waals surface area contributed by atoms with Crippen LogP contribution in [0.15, 0.2) is 66.7 Å². The van der Waals surface area contributed by atoms with Gasteiger partial charge in [-0.25, -0.2) is 0 Å². The van der Waals surface area contributed by atoms with Gasteiger partial charge in [-0.1, -0.05) is 41.4 Å². The van der Waals surface area contributed by atoms with Crippen LogP contribution < -0.4 is 4.90 Å². The third kappa shape index (κ3) is 3.29. The number of nitrogens with zero attached hydrogens (tertiary/aromatic N) is 1. The first-order valence-corrected chi connectivity index (χ1v) is 9.82. The average Bonchev–Trinajstić information content (AvgIpc) is 3.03. The number of aromatic hydroxyl groups is 2. The zero-order chi connectivity index (χ0) is 19.8. The van der Waals surface area contributed by atoms with E-state index in [1.54, 1.807) is 30.3 Å². The van der Waals surface area contributed by atoms with Crippen LogP contribution in [0.4, 0.5) is 11.4 Å². The number of amides is 1. The molecule has 0 fully saturated rings. The van der Waals surface area contributed by atoms with E-state index in [-0.39, 0.29) is 17.4 Å². The third-order valence-corrected chi connectivity index (χ3v) is 6.15. The third-order valence-electron chi connectivity index (χ3n) is 4.23. The molecule has 140 valence electrons. The topological polar surface area (TPSA) is 60.8 Å². The van der Waals surface area contributed by atoms with Gasteiger partial charge in [0.05, 0.1) is 10.7 Å². The Labute approximate surface area is 174 Å². The highest BCUT2D eigenvalue weighted by Crippen LogP contribution is 2.40. The van der Waals surface area contributed by atoms with Crippen molar-refractivity contribution >= 4 is 61.9 Å². The van der Waals surface area contributed by atoms with Crippen molar-refractivity contribution in [3.63, 3.8) is 0 Å². The first-order valence-electron chi connectivity index (χ1n) is 8.25. The molecule has 2 N–H and O–H groups in total. The summed E-state index contributed by atoms with van der Waals surface area (Å²) >= 11 is 13.8. The molecule has 1 heterocycles. The molecule has 0 unspecified atom stereocenters. The lowest BCUT2D eigenvalue weighted by molar-refractivity contribution is 0.100. The Bertz CT molecular complexity index is 1190. The van der Waals surface area contributed by atoms with Crippen LogP contribution in [0.1, 0.15) is 9.67 Å². The van der Waals surface area contributed by atoms with Gasteiger partial charge in [-0.15, -0.1) is 11.3 Å². The molecule has 1 aromatic heterocycles. The maximum atomic E-state index is 13.5. The Hall–Kier alpha value is -2.73. The maximum absolute atomic E-state index is 13.5. The Kier molecular flexibility index (Phi) is 4.89. The Balaban J connectivity index is 1.88. The first-order chi connectivity index (χ1) is 13.5. The highest BCUT2D eigenvalue weighted by atomic mass is 35.5. The van der Waals surface area contributed by atoms with Crippen LogP contribution in [-0.4, -0.2) is 16.1 Å². The predicted octanol–water partition coefficient (Wildman–Crippen LogP) is 6.60. The van der Waals surface area contributed by atoms with Gasteiger partial charge in [0, 0.05) is 26.9 Å². The monoisotopic (exact) mass is 429 g/mol. The highest BCUT2D eigenvalue weighted by molar-refractivity contribution is 7.21. The van der Waals surface area contributed by atoms with Crippen molar-refractivity contribution in [2.75, 3.05) is 4.90 Å². The molecule has 1 amide bonds. The summed E-state index contributed by atoms with van der Waals surface area (Å²) in [6.07, 6.45) is 0. The van der Waals surface area contributed by atoms with Crippen LogP contribution >= 0.6 is 34.5 Å². The van der Waals surface area contributed by atoms with Crippen molar-refractivity contribution in [1.82, 2.24) is 0 Å². The van der Waals surface area contributed by atoms with Crippen molar-refractivity contribution < 1.29 is 15.0 Å². The number of hydrogen-bond donors (Lipinski definition) is 2. The molecule has 0 radical (unpaired) electrons. The number of anilines is 2. The second kappa shape index (κ2) is 7.36. The molecule has 4 aromatic rings. The van der Waals surface area contributed by atoms with Gasteiger partial charge in [-0.05, 0) is 42.5 Å². The molecule has 7 heteroatoms. The maximum Gasteiger partial charge on any atom is 0.274 e. The molecule has 4 nitrogen and oxygen atoms in total. The number of hydrogen-bond acceptors (Lipinski definition) is 4. The molecule has 3 aromatic carbocycles. The van der Waals surface area contributed by atoms with Gasteiger partial charge in [0.2, 0.25) is 0 Å². The molecular weight excluding hydrogens is 417 g/mol. The second-order valence-electron chi connectivity index (χ2n) is 6.03. The second-order valence-corrected chi connectivity index (χ2v) is 7.90. The summed E-state index contributed by atoms with van der Waals surface area (Å²) in [6, 6.07) is 18.5. The van der Waals surface area contributed by atoms with Gasteiger partial charge in [0.25, 0.3) is 5.91 Å². The van der Waals surface area contributed by atoms with Crippen LogP contribution in [-0.2, 0) is 0 Å². The fourth-order valence-electron chi connectivity index (χ4n) is 2.88. The summed E-state index contributed by atoms with van der Waals surface area (Å²) < 4.78 is 0.903. The van der Waals surface area contributed by atoms with Crippen molar-refractivity contribution in [3.8, 4) is 11.5 Å². The van der Waals surface area contributed by atoms with E-state index in [2.05, 4.69) is 0 Å². The van der Waals surface area contributed by atoms with E-state index < -0.39 is 0 Å². The summed E-state index contributed by atoms with van der Waals surface area (Å²) in [5, 5.41) is 21.3. The fourth-order valence-corrected chi connectivity index (χ4v) is 4.45. The van der Waals surface area contributed by atoms with Crippen LogP contribution in [0.5, 0.6) is 11.5 Å². The van der Waals surface area contributed by atoms with Crippen molar-refractivity contribution in [1.29, 1.82) is 0 Å². The summed E-state index contributed by atoms with van der Waals surface area (Å²) in [5.41, 5.74) is 0.934. The van der Waals surface area contributed by atoms with E-state index >= 15 is 0 Å². The number of carbonyl (C=O) groups is 1. The zero-order valence-electron chi connectivity index (χ0n) is 14.3. The number of benzene rings is 3. The number of halogens is 2. The van der Waals surface area contributed by atoms with Gasteiger partial charge in [0.1, 0.15) is 4.88 Å². The molecule has 0 atom stereocenters. The molecule has 0 aliphatic rings. The number of thiophene rings is 1. The lowest BCUT2D eigenvalue weighted by atomic mass is 10.2. The molecule has 0 bridgehead atoms. The molecule has 4 rings (SSSR count). The van der Waals surface area contributed by atoms with Gasteiger partial charge >= 0.3 is 0 Å². The van der Waals surface area contributed by atoms with Crippen LogP contribution in [0, 0.1) is 0 Å². The number of phenolic OH excluding ortho intramolecular Hbond substituents is 2. The molecular formula is C21H13Cl2NO3S. The van der Waals surface area contributed by atoms with Gasteiger partial charge in [-0.3, -0.25) is 9.69 Å². The molecule has 0 aliphatic heterocycles. The van der Waals surface area contributed by atoms with Crippen LogP contribution in [0.3, 0.4) is 0 Å². The fraction of sp³-hybridized carbons (Fsp3) is 0. The summed E-state index contributed by atoms with van der Waals surface area (Å²) in [7, 11) is 0. The SMILES string of the molecule is O=C(c1sc2ccccc2c1Cl)N(c1ccc(Cl)cc1)c1ccc(O)c(O)c1. The van der Waals surface area contributed by atoms with E-state index in [9.17, 15) is 15.0 Å². The van der Waals surface area contributed by atoms with Gasteiger partial charge in [0.15, 0.2) is 11.5 Å². The lowest BCUT2D eigenvalue weighted by Gasteiger charge is -2.23. The molecule has 28 heavy (non-hydrogen) atoms. The lowest BCUT2D eigenvalue weighted by Crippen LogP contribution is -2.25. The number of phenols is 2. The molecule has 0 saturated carbocycles. The standard InChI is InChI=1S/C21H13Cl2NO3S/c22-12-5-7-13(8-6-12)24(14-9-10-16(25)17(26)11-14)21(27)20-19(23)15-3-1-2-4-18(15)28-20/h1-11,25-26H. The summed E-state index contributed by atoms with van der Waals surface area (Å²) in [5.74, 6) is -0.947. The first kappa shape index (κ1) is 18.6. The summed E-state index contributed by atoms with van der Waals surface area (Å²) in [4.78, 5) is 15.3. The summed E-state index contributed by atoms with van der Waals surface area (Å²) in [6.45, 7) is 0. The molecule has 0 saturated heterocycles. The van der Waals surface area contributed by atoms with Gasteiger partial charge < -0.3 is 10.2 Å². The number of fused-ring (bicyclic) bond motifs is 1. The van der Waals surface area contributed by atoms with E-state index in [0.717, 1.165) is 10.1 Å². The quantitative estimate of drug-likeness (QED) is 0.360. The van der Waals surface area contributed by atoms with Gasteiger partial charge in [-0.2, -0.15) is 0 Å². The van der Waals surface area contributed by atoms with E-state index in [1.807, 2.05) is 24.3 Å². The van der Waals surface area contributed by atoms with Crippen LogP contribution in [0.2, 0.25) is 10.0 Å². The molecule has 0 aliphatic carbocycles. The predicted molar refractivity (Wildman–Crippen MR) is 115 cm³/mol. The minimum atomic E-state index is -0.349. The zero-order valence-corrected chi connectivity index (χ0v) is 16.6. The van der Waals surface area contributed by atoms with E-state index in [1.165, 1.54) is 28.4 Å². The average molecular weight is 430 g/mol. The smallest absolute Gasteiger partial charge is 0.274 e. The number of rotatable bonds is 3. The largest absolute Gasteiger partial charge is 0.504 e. The normalized spacial score (nSPS) is 10.9. The molecule has 0 spiro atoms. The highest BCUT2D eigenvalue weighted by Gasteiger charge is 2.26. The Morgan fingerprint density at radius 2 is 1.54 bits per heavy atom. The number of carbonyl (C=O) groups excluding carboxylic acids is 1. The van der Waals surface area contributed by atoms with E-state index in [4.69, 9.17) is 23.2 Å². The van der Waals surface area contributed by atoms with Crippen molar-refractivity contribution in [2.45, 2.75) is 0 Å². The Morgan fingerprint density at radius 3 is 2.21 bits per heavy atom. The Morgan fingerprint density at radius 1 is 0.857 bits per heavy atom. The minimum Gasteiger partial charge on any atom is -0.504 e. The van der Waals surface area contributed by atoms with Crippen molar-refractivity contribution in [2.24, 2.45) is 0 Å². The van der Waals surface area contributed by atoms with Crippen molar-refractivity contribution in [3.05, 3.63) is 81.7 Å². The van der Waals surface area contributed by atoms with E-state index in [0.29, 0.717) is 26.3 Å². The minimum absolute atomic E-state index is 0.271.